The number of aliphatic hydroxyl groups is 1. The number of unbranched alkanes of at least 4 members (excludes halogenated alkanes) is 6. The molecule has 0 aliphatic rings. The van der Waals surface area contributed by atoms with Crippen molar-refractivity contribution in [3.05, 3.63) is 85.1 Å². The first-order chi connectivity index (χ1) is 27.4. The van der Waals surface area contributed by atoms with Crippen LogP contribution >= 0.6 is 7.82 Å². The van der Waals surface area contributed by atoms with Crippen LogP contribution in [0.5, 0.6) is 0 Å². The predicted octanol–water partition coefficient (Wildman–Crippen LogP) is 10.4. The Balaban J connectivity index is 4.57. The number of rotatable bonds is 37. The Morgan fingerprint density at radius 1 is 0.632 bits per heavy atom. The molecule has 0 saturated carbocycles. The standard InChI is InChI=1S/C46H78NO9P/c1-6-8-9-10-11-12-13-14-15-20-23-26-29-32-35-38-46(50)56-44(42-55-57(51,52)54-40-39-47(3,4)5)41-53-45(49)37-34-31-28-25-22-19-17-16-18-21-24-27-30-33-36-43(48)7-2/h11-12,14-15,17-19,21,23,25-28,30,43-44,48H,6-10,13,16,20,22,24,29,31-42H2,1-5H3/b12-11-,15-14-,19-17-,21-18-,26-23-,28-25-,30-27-/t43-,44+/m0/s1. The van der Waals surface area contributed by atoms with E-state index >= 15 is 0 Å². The van der Waals surface area contributed by atoms with E-state index in [0.717, 1.165) is 70.6 Å². The molecule has 0 bridgehead atoms. The fraction of sp³-hybridized carbons (Fsp3) is 0.652. The molecule has 1 unspecified atom stereocenters. The zero-order valence-electron chi connectivity index (χ0n) is 36.1. The molecular formula is C46H78NO9P. The summed E-state index contributed by atoms with van der Waals surface area (Å²) in [4.78, 5) is 37.5. The second-order valence-corrected chi connectivity index (χ2v) is 16.5. The molecule has 0 spiro atoms. The first kappa shape index (κ1) is 54.2. The number of phosphoric acid groups is 1. The van der Waals surface area contributed by atoms with Gasteiger partial charge in [-0.25, -0.2) is 0 Å². The van der Waals surface area contributed by atoms with Gasteiger partial charge in [-0.1, -0.05) is 112 Å². The minimum Gasteiger partial charge on any atom is -0.756 e. The van der Waals surface area contributed by atoms with Crippen LogP contribution in [0, 0.1) is 0 Å². The lowest BCUT2D eigenvalue weighted by Crippen LogP contribution is -2.37. The number of allylic oxidation sites excluding steroid dienone is 14. The summed E-state index contributed by atoms with van der Waals surface area (Å²) < 4.78 is 33.7. The van der Waals surface area contributed by atoms with E-state index in [4.69, 9.17) is 18.5 Å². The Labute approximate surface area is 346 Å². The smallest absolute Gasteiger partial charge is 0.306 e. The van der Waals surface area contributed by atoms with Crippen molar-refractivity contribution in [1.82, 2.24) is 0 Å². The van der Waals surface area contributed by atoms with Gasteiger partial charge in [0.25, 0.3) is 7.82 Å². The summed E-state index contributed by atoms with van der Waals surface area (Å²) in [7, 11) is 1.07. The van der Waals surface area contributed by atoms with Crippen molar-refractivity contribution < 1.29 is 47.2 Å². The Bertz CT molecular complexity index is 1260. The van der Waals surface area contributed by atoms with Crippen LogP contribution in [0.3, 0.4) is 0 Å². The molecule has 1 N–H and O–H groups in total. The molecule has 0 aromatic heterocycles. The lowest BCUT2D eigenvalue weighted by Gasteiger charge is -2.28. The number of quaternary nitrogens is 1. The average molecular weight is 820 g/mol. The summed E-state index contributed by atoms with van der Waals surface area (Å²) in [6.45, 7) is 3.77. The SMILES string of the molecule is CCCCC/C=C\C/C=C\C/C=C\CCCCC(=O)O[C@H](COC(=O)CCC/C=C\C/C=C\C/C=C\C/C=C\CC[C@@H](O)CC)COP(=O)([O-])OCC[N+](C)(C)C. The monoisotopic (exact) mass is 820 g/mol. The first-order valence-electron chi connectivity index (χ1n) is 21.4. The van der Waals surface area contributed by atoms with Gasteiger partial charge in [-0.05, 0) is 96.3 Å². The summed E-state index contributed by atoms with van der Waals surface area (Å²) in [5, 5.41) is 9.56. The van der Waals surface area contributed by atoms with E-state index in [2.05, 4.69) is 85.9 Å². The maximum absolute atomic E-state index is 12.6. The van der Waals surface area contributed by atoms with E-state index in [1.54, 1.807) is 0 Å². The van der Waals surface area contributed by atoms with Gasteiger partial charge in [-0.3, -0.25) is 14.2 Å². The number of aliphatic hydroxyl groups excluding tert-OH is 1. The molecule has 0 fully saturated rings. The molecule has 0 aromatic carbocycles. The number of carbonyl (C=O) groups is 2. The summed E-state index contributed by atoms with van der Waals surface area (Å²) in [6.07, 6.45) is 44.2. The number of ether oxygens (including phenoxy) is 2. The minimum absolute atomic E-state index is 0.0571. The van der Waals surface area contributed by atoms with Crippen LogP contribution < -0.4 is 4.89 Å². The van der Waals surface area contributed by atoms with Crippen molar-refractivity contribution in [2.45, 2.75) is 148 Å². The van der Waals surface area contributed by atoms with Crippen molar-refractivity contribution in [2.75, 3.05) is 47.5 Å². The largest absolute Gasteiger partial charge is 0.756 e. The quantitative estimate of drug-likeness (QED) is 0.0214. The lowest BCUT2D eigenvalue weighted by atomic mass is 10.1. The third kappa shape index (κ3) is 41.1. The van der Waals surface area contributed by atoms with Gasteiger partial charge in [-0.15, -0.1) is 0 Å². The van der Waals surface area contributed by atoms with Crippen LogP contribution in [-0.4, -0.2) is 81.2 Å². The van der Waals surface area contributed by atoms with Gasteiger partial charge in [0.1, 0.15) is 19.8 Å². The van der Waals surface area contributed by atoms with Crippen LogP contribution in [0.1, 0.15) is 136 Å². The molecule has 326 valence electrons. The minimum atomic E-state index is -4.66. The first-order valence-corrected chi connectivity index (χ1v) is 22.8. The van der Waals surface area contributed by atoms with Crippen molar-refractivity contribution in [3.8, 4) is 0 Å². The second kappa shape index (κ2) is 37.4. The van der Waals surface area contributed by atoms with Crippen LogP contribution in [0.4, 0.5) is 0 Å². The number of esters is 2. The van der Waals surface area contributed by atoms with Gasteiger partial charge >= 0.3 is 11.9 Å². The topological polar surface area (TPSA) is 131 Å². The van der Waals surface area contributed by atoms with E-state index < -0.39 is 32.5 Å². The van der Waals surface area contributed by atoms with Crippen molar-refractivity contribution >= 4 is 19.8 Å². The molecule has 3 atom stereocenters. The van der Waals surface area contributed by atoms with E-state index in [9.17, 15) is 24.2 Å². The molecule has 0 aliphatic carbocycles. The highest BCUT2D eigenvalue weighted by atomic mass is 31.2. The number of carbonyl (C=O) groups excluding carboxylic acids is 2. The van der Waals surface area contributed by atoms with Crippen molar-refractivity contribution in [2.24, 2.45) is 0 Å². The van der Waals surface area contributed by atoms with Gasteiger partial charge in [0.15, 0.2) is 6.10 Å². The summed E-state index contributed by atoms with van der Waals surface area (Å²) in [6, 6.07) is 0. The number of phosphoric ester groups is 1. The van der Waals surface area contributed by atoms with Gasteiger partial charge in [0.2, 0.25) is 0 Å². The Morgan fingerprint density at radius 3 is 1.61 bits per heavy atom. The number of hydrogen-bond donors (Lipinski definition) is 1. The molecule has 0 heterocycles. The predicted molar refractivity (Wildman–Crippen MR) is 232 cm³/mol. The highest BCUT2D eigenvalue weighted by Crippen LogP contribution is 2.38. The summed E-state index contributed by atoms with van der Waals surface area (Å²) in [5.41, 5.74) is 0. The Hall–Kier alpha value is -2.85. The Kier molecular flexibility index (Phi) is 35.6. The molecule has 0 amide bonds. The normalized spacial score (nSPS) is 15.0. The highest BCUT2D eigenvalue weighted by molar-refractivity contribution is 7.45. The van der Waals surface area contributed by atoms with E-state index in [-0.39, 0.29) is 32.2 Å². The Morgan fingerprint density at radius 2 is 1.11 bits per heavy atom. The fourth-order valence-corrected chi connectivity index (χ4v) is 5.71. The van der Waals surface area contributed by atoms with E-state index in [1.807, 2.05) is 34.1 Å². The van der Waals surface area contributed by atoms with Gasteiger partial charge in [-0.2, -0.15) is 0 Å². The third-order valence-corrected chi connectivity index (χ3v) is 9.52. The molecule has 0 aliphatic heterocycles. The van der Waals surface area contributed by atoms with Crippen LogP contribution in [0.2, 0.25) is 0 Å². The van der Waals surface area contributed by atoms with Gasteiger partial charge < -0.3 is 33.0 Å². The zero-order chi connectivity index (χ0) is 42.3. The van der Waals surface area contributed by atoms with E-state index in [1.165, 1.54) is 19.3 Å². The average Bonchev–Trinajstić information content (AvgIpc) is 3.16. The van der Waals surface area contributed by atoms with Crippen LogP contribution in [0.25, 0.3) is 0 Å². The maximum atomic E-state index is 12.6. The summed E-state index contributed by atoms with van der Waals surface area (Å²) >= 11 is 0. The molecule has 0 aromatic rings. The van der Waals surface area contributed by atoms with Crippen LogP contribution in [0.15, 0.2) is 85.1 Å². The summed E-state index contributed by atoms with van der Waals surface area (Å²) in [5.74, 6) is -0.974. The molecular weight excluding hydrogens is 741 g/mol. The van der Waals surface area contributed by atoms with E-state index in [0.29, 0.717) is 30.3 Å². The highest BCUT2D eigenvalue weighted by Gasteiger charge is 2.21. The molecule has 0 radical (unpaired) electrons. The third-order valence-electron chi connectivity index (χ3n) is 8.55. The zero-order valence-corrected chi connectivity index (χ0v) is 37.0. The number of nitrogens with zero attached hydrogens (tertiary/aromatic N) is 1. The van der Waals surface area contributed by atoms with Crippen molar-refractivity contribution in [1.29, 1.82) is 0 Å². The van der Waals surface area contributed by atoms with Gasteiger partial charge in [0.05, 0.1) is 33.9 Å². The second-order valence-electron chi connectivity index (χ2n) is 15.1. The number of hydrogen-bond acceptors (Lipinski definition) is 9. The van der Waals surface area contributed by atoms with Crippen LogP contribution in [-0.2, 0) is 32.7 Å². The fourth-order valence-electron chi connectivity index (χ4n) is 4.98. The maximum Gasteiger partial charge on any atom is 0.306 e. The van der Waals surface area contributed by atoms with Crippen molar-refractivity contribution in [3.63, 3.8) is 0 Å². The molecule has 57 heavy (non-hydrogen) atoms. The number of likely N-dealkylation sites (N-methyl/N-ethyl adjacent to an activating group) is 1. The molecule has 0 saturated heterocycles. The molecule has 10 nitrogen and oxygen atoms in total. The molecule has 11 heteroatoms. The molecule has 0 rings (SSSR count). The lowest BCUT2D eigenvalue weighted by molar-refractivity contribution is -0.870. The van der Waals surface area contributed by atoms with Gasteiger partial charge in [0, 0.05) is 12.8 Å².